The SMILES string of the molecule is COc1ccc(CN(C)C(=O)C2CC2C(=O)O)cc1F. The van der Waals surface area contributed by atoms with Gasteiger partial charge in [0.15, 0.2) is 11.6 Å². The fourth-order valence-corrected chi connectivity index (χ4v) is 2.18. The van der Waals surface area contributed by atoms with Crippen LogP contribution in [0.2, 0.25) is 0 Å². The van der Waals surface area contributed by atoms with Gasteiger partial charge in [0.05, 0.1) is 18.9 Å². The molecule has 108 valence electrons. The molecule has 1 amide bonds. The van der Waals surface area contributed by atoms with Gasteiger partial charge in [0.2, 0.25) is 5.91 Å². The maximum atomic E-state index is 13.5. The minimum Gasteiger partial charge on any atom is -0.494 e. The highest BCUT2D eigenvalue weighted by atomic mass is 19.1. The van der Waals surface area contributed by atoms with Crippen LogP contribution >= 0.6 is 0 Å². The lowest BCUT2D eigenvalue weighted by atomic mass is 10.2. The van der Waals surface area contributed by atoms with Crippen LogP contribution in [-0.4, -0.2) is 36.0 Å². The third-order valence-corrected chi connectivity index (χ3v) is 3.44. The van der Waals surface area contributed by atoms with Crippen LogP contribution < -0.4 is 4.74 Å². The Hall–Kier alpha value is -2.11. The maximum Gasteiger partial charge on any atom is 0.307 e. The molecule has 20 heavy (non-hydrogen) atoms. The summed E-state index contributed by atoms with van der Waals surface area (Å²) >= 11 is 0. The number of hydrogen-bond donors (Lipinski definition) is 1. The van der Waals surface area contributed by atoms with Gasteiger partial charge in [0.1, 0.15) is 0 Å². The van der Waals surface area contributed by atoms with E-state index in [9.17, 15) is 14.0 Å². The van der Waals surface area contributed by atoms with Crippen LogP contribution in [0.4, 0.5) is 4.39 Å². The number of halogens is 1. The molecule has 2 rings (SSSR count). The molecular formula is C14H16FNO4. The normalized spacial score (nSPS) is 20.4. The van der Waals surface area contributed by atoms with Crippen LogP contribution in [0, 0.1) is 17.7 Å². The van der Waals surface area contributed by atoms with Crippen LogP contribution in [-0.2, 0) is 16.1 Å². The highest BCUT2D eigenvalue weighted by Gasteiger charge is 2.49. The van der Waals surface area contributed by atoms with Gasteiger partial charge in [-0.2, -0.15) is 0 Å². The van der Waals surface area contributed by atoms with E-state index in [4.69, 9.17) is 9.84 Å². The number of carboxylic acids is 1. The van der Waals surface area contributed by atoms with E-state index in [1.54, 1.807) is 13.1 Å². The first-order valence-corrected chi connectivity index (χ1v) is 6.24. The van der Waals surface area contributed by atoms with Crippen molar-refractivity contribution in [2.24, 2.45) is 11.8 Å². The first kappa shape index (κ1) is 14.3. The summed E-state index contributed by atoms with van der Waals surface area (Å²) in [5.74, 6) is -2.50. The van der Waals surface area contributed by atoms with E-state index in [0.29, 0.717) is 12.0 Å². The number of benzene rings is 1. The van der Waals surface area contributed by atoms with Crippen molar-refractivity contribution in [2.75, 3.05) is 14.2 Å². The Kier molecular flexibility index (Phi) is 3.92. The zero-order valence-corrected chi connectivity index (χ0v) is 11.3. The molecule has 1 saturated carbocycles. The molecule has 0 radical (unpaired) electrons. The minimum atomic E-state index is -0.938. The summed E-state index contributed by atoms with van der Waals surface area (Å²) < 4.78 is 18.4. The highest BCUT2D eigenvalue weighted by molar-refractivity contribution is 5.89. The fraction of sp³-hybridized carbons (Fsp3) is 0.429. The monoisotopic (exact) mass is 281 g/mol. The molecule has 1 aliphatic rings. The summed E-state index contributed by atoms with van der Waals surface area (Å²) in [4.78, 5) is 24.1. The summed E-state index contributed by atoms with van der Waals surface area (Å²) in [6.45, 7) is 0.239. The molecule has 0 aliphatic heterocycles. The number of aliphatic carboxylic acids is 1. The molecule has 0 heterocycles. The second kappa shape index (κ2) is 5.48. The van der Waals surface area contributed by atoms with E-state index in [1.807, 2.05) is 0 Å². The molecule has 2 unspecified atom stereocenters. The van der Waals surface area contributed by atoms with E-state index < -0.39 is 23.6 Å². The van der Waals surface area contributed by atoms with E-state index in [2.05, 4.69) is 0 Å². The van der Waals surface area contributed by atoms with Gasteiger partial charge in [0.25, 0.3) is 0 Å². The number of carbonyl (C=O) groups is 2. The fourth-order valence-electron chi connectivity index (χ4n) is 2.18. The molecule has 1 fully saturated rings. The molecule has 0 bridgehead atoms. The molecule has 1 aliphatic carbocycles. The van der Waals surface area contributed by atoms with Gasteiger partial charge in [0, 0.05) is 13.6 Å². The van der Waals surface area contributed by atoms with Gasteiger partial charge < -0.3 is 14.7 Å². The largest absolute Gasteiger partial charge is 0.494 e. The van der Waals surface area contributed by atoms with Gasteiger partial charge >= 0.3 is 5.97 Å². The molecule has 1 aromatic rings. The number of carboxylic acid groups (broad SMARTS) is 1. The number of rotatable bonds is 5. The third-order valence-electron chi connectivity index (χ3n) is 3.44. The Balaban J connectivity index is 1.98. The van der Waals surface area contributed by atoms with Crippen LogP contribution in [0.3, 0.4) is 0 Å². The Morgan fingerprint density at radius 1 is 1.45 bits per heavy atom. The summed E-state index contributed by atoms with van der Waals surface area (Å²) in [5, 5.41) is 8.80. The van der Waals surface area contributed by atoms with Gasteiger partial charge in [-0.05, 0) is 24.1 Å². The lowest BCUT2D eigenvalue weighted by Crippen LogP contribution is -2.28. The summed E-state index contributed by atoms with van der Waals surface area (Å²) in [6, 6.07) is 4.48. The Morgan fingerprint density at radius 2 is 2.15 bits per heavy atom. The number of ether oxygens (including phenoxy) is 1. The first-order chi connectivity index (χ1) is 9.43. The van der Waals surface area contributed by atoms with Crippen molar-refractivity contribution in [3.63, 3.8) is 0 Å². The highest BCUT2D eigenvalue weighted by Crippen LogP contribution is 2.40. The second-order valence-electron chi connectivity index (χ2n) is 4.95. The lowest BCUT2D eigenvalue weighted by Gasteiger charge is -2.17. The first-order valence-electron chi connectivity index (χ1n) is 6.24. The number of carbonyl (C=O) groups excluding carboxylic acids is 1. The van der Waals surface area contributed by atoms with Crippen molar-refractivity contribution in [3.8, 4) is 5.75 Å². The minimum absolute atomic E-state index is 0.149. The van der Waals surface area contributed by atoms with Gasteiger partial charge in [-0.3, -0.25) is 9.59 Å². The smallest absolute Gasteiger partial charge is 0.307 e. The van der Waals surface area contributed by atoms with Crippen LogP contribution in [0.1, 0.15) is 12.0 Å². The molecule has 5 nitrogen and oxygen atoms in total. The maximum absolute atomic E-state index is 13.5. The number of methoxy groups -OCH3 is 1. The Bertz CT molecular complexity index is 546. The zero-order valence-electron chi connectivity index (χ0n) is 11.3. The standard InChI is InChI=1S/C14H16FNO4/c1-16(13(17)9-6-10(9)14(18)19)7-8-3-4-12(20-2)11(15)5-8/h3-5,9-10H,6-7H2,1-2H3,(H,18,19). The topological polar surface area (TPSA) is 66.8 Å². The average molecular weight is 281 g/mol. The summed E-state index contributed by atoms with van der Waals surface area (Å²) in [7, 11) is 2.97. The van der Waals surface area contributed by atoms with Crippen molar-refractivity contribution in [1.29, 1.82) is 0 Å². The van der Waals surface area contributed by atoms with E-state index in [0.717, 1.165) is 0 Å². The number of hydrogen-bond acceptors (Lipinski definition) is 3. The summed E-state index contributed by atoms with van der Waals surface area (Å²) in [6.07, 6.45) is 0.384. The van der Waals surface area contributed by atoms with E-state index in [1.165, 1.54) is 24.1 Å². The zero-order chi connectivity index (χ0) is 14.9. The van der Waals surface area contributed by atoms with Crippen molar-refractivity contribution in [2.45, 2.75) is 13.0 Å². The van der Waals surface area contributed by atoms with Gasteiger partial charge in [-0.25, -0.2) is 4.39 Å². The predicted octanol–water partition coefficient (Wildman–Crippen LogP) is 1.51. The molecule has 2 atom stereocenters. The van der Waals surface area contributed by atoms with Crippen LogP contribution in [0.15, 0.2) is 18.2 Å². The Labute approximate surface area is 116 Å². The molecule has 1 aromatic carbocycles. The number of amides is 1. The van der Waals surface area contributed by atoms with Crippen molar-refractivity contribution >= 4 is 11.9 Å². The van der Waals surface area contributed by atoms with E-state index >= 15 is 0 Å². The quantitative estimate of drug-likeness (QED) is 0.888. The molecule has 0 spiro atoms. The average Bonchev–Trinajstić information content (AvgIpc) is 3.18. The lowest BCUT2D eigenvalue weighted by molar-refractivity contribution is -0.141. The van der Waals surface area contributed by atoms with Gasteiger partial charge in [-0.1, -0.05) is 6.07 Å². The second-order valence-corrected chi connectivity index (χ2v) is 4.95. The third kappa shape index (κ3) is 2.89. The van der Waals surface area contributed by atoms with Crippen LogP contribution in [0.25, 0.3) is 0 Å². The predicted molar refractivity (Wildman–Crippen MR) is 68.7 cm³/mol. The van der Waals surface area contributed by atoms with Crippen molar-refractivity contribution in [3.05, 3.63) is 29.6 Å². The molecule has 0 saturated heterocycles. The van der Waals surface area contributed by atoms with Crippen molar-refractivity contribution in [1.82, 2.24) is 4.90 Å². The van der Waals surface area contributed by atoms with Crippen molar-refractivity contribution < 1.29 is 23.8 Å². The molecule has 0 aromatic heterocycles. The number of nitrogens with zero attached hydrogens (tertiary/aromatic N) is 1. The molecular weight excluding hydrogens is 265 g/mol. The molecule has 1 N–H and O–H groups in total. The van der Waals surface area contributed by atoms with Crippen LogP contribution in [0.5, 0.6) is 5.75 Å². The van der Waals surface area contributed by atoms with Gasteiger partial charge in [-0.15, -0.1) is 0 Å². The Morgan fingerprint density at radius 3 is 2.65 bits per heavy atom. The summed E-state index contributed by atoms with van der Waals surface area (Å²) in [5.41, 5.74) is 0.631. The molecule has 6 heteroatoms. The van der Waals surface area contributed by atoms with E-state index in [-0.39, 0.29) is 18.2 Å².